The normalized spacial score (nSPS) is 19.2. The Bertz CT molecular complexity index is 672. The van der Waals surface area contributed by atoms with Gasteiger partial charge in [-0.25, -0.2) is 0 Å². The zero-order chi connectivity index (χ0) is 16.4. The van der Waals surface area contributed by atoms with E-state index in [9.17, 15) is 4.79 Å². The van der Waals surface area contributed by atoms with Crippen LogP contribution in [-0.2, 0) is 11.2 Å². The number of carbonyl (C=O) groups is 1. The van der Waals surface area contributed by atoms with Crippen molar-refractivity contribution in [3.8, 4) is 0 Å². The Kier molecular flexibility index (Phi) is 4.24. The maximum absolute atomic E-state index is 11.8. The van der Waals surface area contributed by atoms with E-state index in [1.807, 2.05) is 17.3 Å². The van der Waals surface area contributed by atoms with Crippen LogP contribution in [0.1, 0.15) is 31.2 Å². The van der Waals surface area contributed by atoms with E-state index in [1.54, 1.807) is 0 Å². The number of nitrogens with one attached hydrogen (secondary N) is 1. The zero-order valence-corrected chi connectivity index (χ0v) is 13.9. The number of aromatic nitrogens is 2. The summed E-state index contributed by atoms with van der Waals surface area (Å²) in [5.41, 5.74) is 3.64. The molecule has 0 bridgehead atoms. The predicted molar refractivity (Wildman–Crippen MR) is 95.3 cm³/mol. The highest BCUT2D eigenvalue weighted by molar-refractivity contribution is 5.95. The number of rotatable bonds is 4. The van der Waals surface area contributed by atoms with Crippen LogP contribution in [0.3, 0.4) is 0 Å². The molecule has 3 heterocycles. The van der Waals surface area contributed by atoms with E-state index in [0.717, 1.165) is 44.1 Å². The minimum Gasteiger partial charge on any atom is -0.369 e. The minimum atomic E-state index is 0.259. The fourth-order valence-electron chi connectivity index (χ4n) is 3.88. The van der Waals surface area contributed by atoms with Crippen LogP contribution in [0.15, 0.2) is 36.7 Å². The van der Waals surface area contributed by atoms with Crippen molar-refractivity contribution in [3.63, 3.8) is 0 Å². The molecule has 2 aliphatic heterocycles. The van der Waals surface area contributed by atoms with E-state index in [2.05, 4.69) is 39.4 Å². The van der Waals surface area contributed by atoms with Crippen LogP contribution in [0, 0.1) is 5.92 Å². The molecule has 1 aromatic heterocycles. The molecule has 2 aliphatic rings. The second-order valence-electron chi connectivity index (χ2n) is 6.91. The summed E-state index contributed by atoms with van der Waals surface area (Å²) in [5.74, 6) is 1.00. The highest BCUT2D eigenvalue weighted by Crippen LogP contribution is 2.27. The molecule has 2 saturated heterocycles. The van der Waals surface area contributed by atoms with Gasteiger partial charge in [-0.1, -0.05) is 12.1 Å². The first-order chi connectivity index (χ1) is 11.8. The molecule has 5 heteroatoms. The van der Waals surface area contributed by atoms with Gasteiger partial charge in [0.25, 0.3) is 0 Å². The highest BCUT2D eigenvalue weighted by Gasteiger charge is 2.22. The molecule has 1 N–H and O–H groups in total. The first-order valence-electron chi connectivity index (χ1n) is 8.92. The molecule has 5 nitrogen and oxygen atoms in total. The lowest BCUT2D eigenvalue weighted by Crippen LogP contribution is -2.34. The summed E-state index contributed by atoms with van der Waals surface area (Å²) >= 11 is 0. The second-order valence-corrected chi connectivity index (χ2v) is 6.91. The van der Waals surface area contributed by atoms with Crippen molar-refractivity contribution >= 4 is 17.3 Å². The number of hydrogen-bond acceptors (Lipinski definition) is 3. The third kappa shape index (κ3) is 3.16. The van der Waals surface area contributed by atoms with Gasteiger partial charge in [0, 0.05) is 37.9 Å². The molecule has 24 heavy (non-hydrogen) atoms. The summed E-state index contributed by atoms with van der Waals surface area (Å²) < 4.78 is 0. The molecule has 0 spiro atoms. The number of nitrogens with zero attached hydrogens (tertiary/aromatic N) is 3. The highest BCUT2D eigenvalue weighted by atomic mass is 16.2. The Morgan fingerprint density at radius 3 is 2.50 bits per heavy atom. The van der Waals surface area contributed by atoms with E-state index in [4.69, 9.17) is 0 Å². The van der Waals surface area contributed by atoms with Gasteiger partial charge in [-0.05, 0) is 49.3 Å². The van der Waals surface area contributed by atoms with Crippen LogP contribution in [0.4, 0.5) is 11.4 Å². The fraction of sp³-hybridized carbons (Fsp3) is 0.474. The summed E-state index contributed by atoms with van der Waals surface area (Å²) in [5, 5.41) is 6.93. The van der Waals surface area contributed by atoms with Gasteiger partial charge in [-0.3, -0.25) is 9.89 Å². The number of amides is 1. The standard InChI is InChI=1S/C19H24N4O/c24-19-2-1-9-23(19)17-5-3-15(4-6-17)12-16-7-10-22(11-8-16)18-13-20-21-14-18/h3-6,13-14,16H,1-2,7-12H2,(H,20,21). The van der Waals surface area contributed by atoms with Gasteiger partial charge in [-0.15, -0.1) is 0 Å². The smallest absolute Gasteiger partial charge is 0.227 e. The van der Waals surface area contributed by atoms with Crippen molar-refractivity contribution in [3.05, 3.63) is 42.2 Å². The van der Waals surface area contributed by atoms with E-state index in [1.165, 1.54) is 24.1 Å². The van der Waals surface area contributed by atoms with E-state index < -0.39 is 0 Å². The third-order valence-electron chi connectivity index (χ3n) is 5.31. The SMILES string of the molecule is O=C1CCCN1c1ccc(CC2CCN(c3cn[nH]c3)CC2)cc1. The van der Waals surface area contributed by atoms with Crippen molar-refractivity contribution < 1.29 is 4.79 Å². The van der Waals surface area contributed by atoms with Crippen molar-refractivity contribution in [2.24, 2.45) is 5.92 Å². The summed E-state index contributed by atoms with van der Waals surface area (Å²) in [6, 6.07) is 8.62. The summed E-state index contributed by atoms with van der Waals surface area (Å²) in [7, 11) is 0. The molecule has 0 saturated carbocycles. The molecule has 1 aromatic carbocycles. The molecule has 1 amide bonds. The van der Waals surface area contributed by atoms with E-state index in [-0.39, 0.29) is 5.91 Å². The molecule has 2 fully saturated rings. The molecule has 0 unspecified atom stereocenters. The Balaban J connectivity index is 1.32. The number of H-pyrrole nitrogens is 1. The van der Waals surface area contributed by atoms with E-state index in [0.29, 0.717) is 6.42 Å². The lowest BCUT2D eigenvalue weighted by atomic mass is 9.90. The quantitative estimate of drug-likeness (QED) is 0.940. The van der Waals surface area contributed by atoms with Crippen molar-refractivity contribution in [1.82, 2.24) is 10.2 Å². The molecule has 0 aliphatic carbocycles. The number of carbonyl (C=O) groups excluding carboxylic acids is 1. The van der Waals surface area contributed by atoms with Gasteiger partial charge < -0.3 is 9.80 Å². The Morgan fingerprint density at radius 1 is 1.08 bits per heavy atom. The maximum atomic E-state index is 11.8. The Hall–Kier alpha value is -2.30. The number of anilines is 2. The topological polar surface area (TPSA) is 52.2 Å². The van der Waals surface area contributed by atoms with Gasteiger partial charge in [0.2, 0.25) is 5.91 Å². The van der Waals surface area contributed by atoms with Gasteiger partial charge >= 0.3 is 0 Å². The maximum Gasteiger partial charge on any atom is 0.227 e. The van der Waals surface area contributed by atoms with Gasteiger partial charge in [-0.2, -0.15) is 5.10 Å². The first-order valence-corrected chi connectivity index (χ1v) is 8.92. The Morgan fingerprint density at radius 2 is 1.88 bits per heavy atom. The summed E-state index contributed by atoms with van der Waals surface area (Å²) in [4.78, 5) is 16.1. The number of aromatic amines is 1. The minimum absolute atomic E-state index is 0.259. The molecule has 0 atom stereocenters. The van der Waals surface area contributed by atoms with Crippen LogP contribution in [0.2, 0.25) is 0 Å². The van der Waals surface area contributed by atoms with E-state index >= 15 is 0 Å². The summed E-state index contributed by atoms with van der Waals surface area (Å²) in [6.07, 6.45) is 9.12. The average molecular weight is 324 g/mol. The number of piperidine rings is 1. The monoisotopic (exact) mass is 324 g/mol. The average Bonchev–Trinajstić information content (AvgIpc) is 3.28. The van der Waals surface area contributed by atoms with Gasteiger partial charge in [0.05, 0.1) is 11.9 Å². The van der Waals surface area contributed by atoms with Crippen molar-refractivity contribution in [2.45, 2.75) is 32.1 Å². The third-order valence-corrected chi connectivity index (χ3v) is 5.31. The molecular weight excluding hydrogens is 300 g/mol. The van der Waals surface area contributed by atoms with Crippen LogP contribution < -0.4 is 9.80 Å². The number of benzene rings is 1. The van der Waals surface area contributed by atoms with Crippen LogP contribution in [0.25, 0.3) is 0 Å². The van der Waals surface area contributed by atoms with Crippen LogP contribution in [0.5, 0.6) is 0 Å². The van der Waals surface area contributed by atoms with Crippen molar-refractivity contribution in [1.29, 1.82) is 0 Å². The van der Waals surface area contributed by atoms with Crippen molar-refractivity contribution in [2.75, 3.05) is 29.4 Å². The lowest BCUT2D eigenvalue weighted by molar-refractivity contribution is -0.117. The zero-order valence-electron chi connectivity index (χ0n) is 13.9. The fourth-order valence-corrected chi connectivity index (χ4v) is 3.88. The Labute approximate surface area is 142 Å². The molecule has 2 aromatic rings. The number of hydrogen-bond donors (Lipinski definition) is 1. The molecular formula is C19H24N4O. The summed E-state index contributed by atoms with van der Waals surface area (Å²) in [6.45, 7) is 3.07. The first kappa shape index (κ1) is 15.2. The van der Waals surface area contributed by atoms with Crippen LogP contribution in [-0.4, -0.2) is 35.7 Å². The molecule has 0 radical (unpaired) electrons. The molecule has 4 rings (SSSR count). The lowest BCUT2D eigenvalue weighted by Gasteiger charge is -2.32. The second kappa shape index (κ2) is 6.67. The van der Waals surface area contributed by atoms with Gasteiger partial charge in [0.1, 0.15) is 0 Å². The largest absolute Gasteiger partial charge is 0.369 e. The predicted octanol–water partition coefficient (Wildman–Crippen LogP) is 3.00. The van der Waals surface area contributed by atoms with Crippen LogP contribution >= 0.6 is 0 Å². The van der Waals surface area contributed by atoms with Gasteiger partial charge in [0.15, 0.2) is 0 Å². The molecule has 126 valence electrons.